The summed E-state index contributed by atoms with van der Waals surface area (Å²) < 4.78 is 16.3. The Labute approximate surface area is 180 Å². The number of hydrogen-bond donors (Lipinski definition) is 2. The first kappa shape index (κ1) is 21.9. The number of amides is 2. The highest BCUT2D eigenvalue weighted by molar-refractivity contribution is 5.95. The average Bonchev–Trinajstić information content (AvgIpc) is 2.75. The Morgan fingerprint density at radius 2 is 1.71 bits per heavy atom. The van der Waals surface area contributed by atoms with Crippen LogP contribution in [0.25, 0.3) is 0 Å². The van der Waals surface area contributed by atoms with Gasteiger partial charge in [-0.1, -0.05) is 24.3 Å². The smallest absolute Gasteiger partial charge is 0.343 e. The van der Waals surface area contributed by atoms with Gasteiger partial charge in [0.2, 0.25) is 0 Å². The molecule has 1 atom stereocenters. The van der Waals surface area contributed by atoms with E-state index < -0.39 is 24.0 Å². The largest absolute Gasteiger partial charge is 0.490 e. The van der Waals surface area contributed by atoms with Crippen molar-refractivity contribution in [3.8, 4) is 11.5 Å². The number of esters is 2. The number of urea groups is 1. The van der Waals surface area contributed by atoms with Gasteiger partial charge in [0, 0.05) is 5.70 Å². The Hall–Kier alpha value is -3.81. The van der Waals surface area contributed by atoms with Crippen molar-refractivity contribution in [2.24, 2.45) is 0 Å². The topological polar surface area (TPSA) is 103 Å². The molecule has 0 radical (unpaired) electrons. The molecular formula is C23H24N2O6. The Balaban J connectivity index is 1.95. The van der Waals surface area contributed by atoms with Gasteiger partial charge in [0.1, 0.15) is 0 Å². The molecule has 31 heavy (non-hydrogen) atoms. The molecule has 0 aromatic heterocycles. The molecule has 2 amide bonds. The molecule has 162 valence electrons. The van der Waals surface area contributed by atoms with Crippen LogP contribution < -0.4 is 20.1 Å². The predicted octanol–water partition coefficient (Wildman–Crippen LogP) is 3.50. The van der Waals surface area contributed by atoms with Gasteiger partial charge in [-0.25, -0.2) is 14.4 Å². The molecular weight excluding hydrogens is 400 g/mol. The third-order valence-electron chi connectivity index (χ3n) is 4.58. The Morgan fingerprint density at radius 1 is 0.968 bits per heavy atom. The molecule has 0 saturated carbocycles. The second-order valence-corrected chi connectivity index (χ2v) is 6.69. The van der Waals surface area contributed by atoms with Gasteiger partial charge in [0.15, 0.2) is 11.5 Å². The van der Waals surface area contributed by atoms with Gasteiger partial charge in [-0.3, -0.25) is 0 Å². The van der Waals surface area contributed by atoms with E-state index in [2.05, 4.69) is 10.6 Å². The van der Waals surface area contributed by atoms with E-state index in [-0.39, 0.29) is 17.9 Å². The minimum Gasteiger partial charge on any atom is -0.490 e. The van der Waals surface area contributed by atoms with E-state index >= 15 is 0 Å². The number of hydrogen-bond acceptors (Lipinski definition) is 6. The Morgan fingerprint density at radius 3 is 2.39 bits per heavy atom. The van der Waals surface area contributed by atoms with Crippen molar-refractivity contribution in [1.29, 1.82) is 0 Å². The summed E-state index contributed by atoms with van der Waals surface area (Å²) in [5, 5.41) is 5.33. The maximum Gasteiger partial charge on any atom is 0.343 e. The van der Waals surface area contributed by atoms with Crippen LogP contribution in [0, 0.1) is 0 Å². The average molecular weight is 424 g/mol. The highest BCUT2D eigenvalue weighted by Gasteiger charge is 2.32. The fourth-order valence-electron chi connectivity index (χ4n) is 3.21. The zero-order chi connectivity index (χ0) is 22.4. The van der Waals surface area contributed by atoms with Crippen LogP contribution in [0.2, 0.25) is 0 Å². The highest BCUT2D eigenvalue weighted by Crippen LogP contribution is 2.35. The first-order chi connectivity index (χ1) is 14.9. The van der Waals surface area contributed by atoms with Gasteiger partial charge in [-0.05, 0) is 50.6 Å². The molecule has 1 aliphatic rings. The predicted molar refractivity (Wildman–Crippen MR) is 113 cm³/mol. The molecule has 0 aliphatic carbocycles. The summed E-state index contributed by atoms with van der Waals surface area (Å²) in [6.07, 6.45) is 0. The van der Waals surface area contributed by atoms with Crippen molar-refractivity contribution in [2.75, 3.05) is 13.2 Å². The SMILES string of the molecule is CCOC(=O)C1=C(C)NC(=O)NC1c1ccc(OC(=O)c2ccccc2)c(OCC)c1. The van der Waals surface area contributed by atoms with Crippen LogP contribution in [0.3, 0.4) is 0 Å². The van der Waals surface area contributed by atoms with E-state index in [0.29, 0.717) is 29.2 Å². The fourth-order valence-corrected chi connectivity index (χ4v) is 3.21. The van der Waals surface area contributed by atoms with Crippen LogP contribution in [0.15, 0.2) is 59.8 Å². The van der Waals surface area contributed by atoms with Crippen LogP contribution >= 0.6 is 0 Å². The van der Waals surface area contributed by atoms with Crippen LogP contribution in [-0.4, -0.2) is 31.2 Å². The molecule has 0 saturated heterocycles. The van der Waals surface area contributed by atoms with Crippen molar-refractivity contribution in [2.45, 2.75) is 26.8 Å². The van der Waals surface area contributed by atoms with Gasteiger partial charge < -0.3 is 24.8 Å². The van der Waals surface area contributed by atoms with Crippen molar-refractivity contribution in [1.82, 2.24) is 10.6 Å². The summed E-state index contributed by atoms with van der Waals surface area (Å²) in [7, 11) is 0. The molecule has 1 heterocycles. The molecule has 0 spiro atoms. The number of nitrogens with one attached hydrogen (secondary N) is 2. The third kappa shape index (κ3) is 5.03. The lowest BCUT2D eigenvalue weighted by atomic mass is 9.95. The summed E-state index contributed by atoms with van der Waals surface area (Å²) in [5.41, 5.74) is 1.69. The second-order valence-electron chi connectivity index (χ2n) is 6.69. The maximum atomic E-state index is 12.5. The van der Waals surface area contributed by atoms with Crippen molar-refractivity contribution < 1.29 is 28.6 Å². The number of allylic oxidation sites excluding steroid dienone is 1. The van der Waals surface area contributed by atoms with E-state index in [1.165, 1.54) is 0 Å². The van der Waals surface area contributed by atoms with E-state index in [9.17, 15) is 14.4 Å². The van der Waals surface area contributed by atoms with E-state index in [0.717, 1.165) is 0 Å². The number of carbonyl (C=O) groups excluding carboxylic acids is 3. The van der Waals surface area contributed by atoms with Crippen LogP contribution in [0.1, 0.15) is 42.7 Å². The van der Waals surface area contributed by atoms with E-state index in [4.69, 9.17) is 14.2 Å². The zero-order valence-electron chi connectivity index (χ0n) is 17.6. The molecule has 2 aromatic carbocycles. The monoisotopic (exact) mass is 424 g/mol. The zero-order valence-corrected chi connectivity index (χ0v) is 17.6. The number of ether oxygens (including phenoxy) is 3. The molecule has 8 heteroatoms. The standard InChI is InChI=1S/C23H24N2O6/c1-4-29-18-13-16(11-12-17(18)31-21(26)15-9-7-6-8-10-15)20-19(22(27)30-5-2)14(3)24-23(28)25-20/h6-13,20H,4-5H2,1-3H3,(H2,24,25,28). The van der Waals surface area contributed by atoms with Gasteiger partial charge in [-0.15, -0.1) is 0 Å². The summed E-state index contributed by atoms with van der Waals surface area (Å²) in [6.45, 7) is 5.68. The molecule has 2 N–H and O–H groups in total. The summed E-state index contributed by atoms with van der Waals surface area (Å²) in [5.74, 6) is -0.501. The summed E-state index contributed by atoms with van der Waals surface area (Å²) in [6, 6.07) is 12.3. The summed E-state index contributed by atoms with van der Waals surface area (Å²) >= 11 is 0. The quantitative estimate of drug-likeness (QED) is 0.521. The number of benzene rings is 2. The summed E-state index contributed by atoms with van der Waals surface area (Å²) in [4.78, 5) is 37.0. The molecule has 0 fully saturated rings. The number of carbonyl (C=O) groups is 3. The van der Waals surface area contributed by atoms with Crippen molar-refractivity contribution >= 4 is 18.0 Å². The first-order valence-electron chi connectivity index (χ1n) is 9.94. The highest BCUT2D eigenvalue weighted by atomic mass is 16.6. The molecule has 1 unspecified atom stereocenters. The number of rotatable bonds is 7. The Bertz CT molecular complexity index is 1020. The first-order valence-corrected chi connectivity index (χ1v) is 9.94. The molecule has 1 aliphatic heterocycles. The van der Waals surface area contributed by atoms with Gasteiger partial charge in [0.05, 0.1) is 30.4 Å². The van der Waals surface area contributed by atoms with Crippen LogP contribution in [0.4, 0.5) is 4.79 Å². The van der Waals surface area contributed by atoms with Crippen LogP contribution in [0.5, 0.6) is 11.5 Å². The minimum absolute atomic E-state index is 0.203. The van der Waals surface area contributed by atoms with Gasteiger partial charge >= 0.3 is 18.0 Å². The van der Waals surface area contributed by atoms with E-state index in [1.54, 1.807) is 69.3 Å². The third-order valence-corrected chi connectivity index (χ3v) is 4.58. The lowest BCUT2D eigenvalue weighted by Gasteiger charge is -2.28. The molecule has 3 rings (SSSR count). The van der Waals surface area contributed by atoms with Crippen molar-refractivity contribution in [3.63, 3.8) is 0 Å². The maximum absolute atomic E-state index is 12.5. The Kier molecular flexibility index (Phi) is 6.92. The fraction of sp³-hybridized carbons (Fsp3) is 0.261. The lowest BCUT2D eigenvalue weighted by molar-refractivity contribution is -0.139. The van der Waals surface area contributed by atoms with Gasteiger partial charge in [0.25, 0.3) is 0 Å². The normalized spacial score (nSPS) is 15.6. The van der Waals surface area contributed by atoms with Crippen LogP contribution in [-0.2, 0) is 9.53 Å². The lowest BCUT2D eigenvalue weighted by Crippen LogP contribution is -2.45. The van der Waals surface area contributed by atoms with E-state index in [1.807, 2.05) is 0 Å². The van der Waals surface area contributed by atoms with Gasteiger partial charge in [-0.2, -0.15) is 0 Å². The second kappa shape index (κ2) is 9.80. The molecule has 2 aromatic rings. The van der Waals surface area contributed by atoms with Crippen molar-refractivity contribution in [3.05, 3.63) is 70.9 Å². The molecule has 0 bridgehead atoms. The molecule has 8 nitrogen and oxygen atoms in total. The minimum atomic E-state index is -0.745.